The minimum atomic E-state index is -1.07. The summed E-state index contributed by atoms with van der Waals surface area (Å²) < 4.78 is 6.66. The van der Waals surface area contributed by atoms with Gasteiger partial charge in [0.05, 0.1) is 0 Å². The Hall–Kier alpha value is -2.56. The van der Waals surface area contributed by atoms with Crippen molar-refractivity contribution in [3.05, 3.63) is 93.5 Å². The number of nitrogens with one attached hydrogen (secondary N) is 1. The van der Waals surface area contributed by atoms with Crippen molar-refractivity contribution in [1.29, 1.82) is 0 Å². The molecule has 1 heterocycles. The van der Waals surface area contributed by atoms with Gasteiger partial charge in [-0.2, -0.15) is 0 Å². The Morgan fingerprint density at radius 1 is 1.23 bits per heavy atom. The van der Waals surface area contributed by atoms with Crippen molar-refractivity contribution < 1.29 is 9.53 Å². The molecule has 154 valence electrons. The number of hydrogen-bond donors (Lipinski definition) is 1. The number of H-pyrrole nitrogens is 1. The van der Waals surface area contributed by atoms with Gasteiger partial charge < -0.3 is 9.72 Å². The number of benzene rings is 2. The lowest BCUT2D eigenvalue weighted by molar-refractivity contribution is 0.0971. The van der Waals surface area contributed by atoms with E-state index in [-0.39, 0.29) is 5.78 Å². The Labute approximate surface area is 185 Å². The van der Waals surface area contributed by atoms with Gasteiger partial charge in [0.25, 0.3) is 0 Å². The summed E-state index contributed by atoms with van der Waals surface area (Å²) in [7, 11) is 0. The molecule has 0 bridgehead atoms. The second-order valence-electron chi connectivity index (χ2n) is 7.51. The fraction of sp³-hybridized carbons (Fsp3) is 0.250. The minimum absolute atomic E-state index is 0.177. The van der Waals surface area contributed by atoms with Gasteiger partial charge in [0.15, 0.2) is 17.2 Å². The number of nitrogens with zero attached hydrogens (tertiary/aromatic N) is 1. The zero-order valence-corrected chi connectivity index (χ0v) is 18.2. The van der Waals surface area contributed by atoms with Crippen LogP contribution in [-0.2, 0) is 18.4 Å². The Balaban J connectivity index is 1.90. The molecule has 1 unspecified atom stereocenters. The van der Waals surface area contributed by atoms with Crippen molar-refractivity contribution in [2.24, 2.45) is 0 Å². The predicted molar refractivity (Wildman–Crippen MR) is 120 cm³/mol. The monoisotopic (exact) mass is 440 g/mol. The standard InChI is InChI=1S/C24H22Cl2N2O2/c1-3-6-17-15-7-4-10-20(29)16(15)11-12-21(17)30-24(2,23-27-13-14-28-23)22-18(25)8-5-9-19(22)26/h3,5,8-9,11-14H,1,4,6-7,10H2,2H3,(H,27,28). The predicted octanol–water partition coefficient (Wildman–Crippen LogP) is 6.31. The molecule has 0 amide bonds. The lowest BCUT2D eigenvalue weighted by Gasteiger charge is -2.33. The number of carbonyl (C=O) groups is 1. The molecule has 0 spiro atoms. The highest BCUT2D eigenvalue weighted by Crippen LogP contribution is 2.43. The van der Waals surface area contributed by atoms with E-state index < -0.39 is 5.60 Å². The van der Waals surface area contributed by atoms with Gasteiger partial charge in [-0.25, -0.2) is 4.98 Å². The van der Waals surface area contributed by atoms with E-state index in [2.05, 4.69) is 16.5 Å². The summed E-state index contributed by atoms with van der Waals surface area (Å²) in [5.41, 5.74) is 2.34. The average molecular weight is 441 g/mol. The largest absolute Gasteiger partial charge is 0.474 e. The highest BCUT2D eigenvalue weighted by molar-refractivity contribution is 6.36. The zero-order chi connectivity index (χ0) is 21.3. The Morgan fingerprint density at radius 2 is 2.00 bits per heavy atom. The second-order valence-corrected chi connectivity index (χ2v) is 8.32. The van der Waals surface area contributed by atoms with Crippen molar-refractivity contribution in [3.8, 4) is 5.75 Å². The Kier molecular flexibility index (Phi) is 5.72. The first-order valence-corrected chi connectivity index (χ1v) is 10.6. The van der Waals surface area contributed by atoms with Crippen LogP contribution in [0, 0.1) is 0 Å². The molecule has 1 N–H and O–H groups in total. The first-order valence-electron chi connectivity index (χ1n) is 9.88. The van der Waals surface area contributed by atoms with Crippen molar-refractivity contribution in [3.63, 3.8) is 0 Å². The summed E-state index contributed by atoms with van der Waals surface area (Å²) in [6.07, 6.45) is 8.08. The van der Waals surface area contributed by atoms with Gasteiger partial charge in [-0.05, 0) is 56.0 Å². The van der Waals surface area contributed by atoms with Crippen LogP contribution in [0.25, 0.3) is 0 Å². The second kappa shape index (κ2) is 8.29. The van der Waals surface area contributed by atoms with Crippen molar-refractivity contribution in [1.82, 2.24) is 9.97 Å². The van der Waals surface area contributed by atoms with Gasteiger partial charge in [0.2, 0.25) is 0 Å². The molecule has 0 aliphatic heterocycles. The molecule has 0 saturated carbocycles. The number of halogens is 2. The fourth-order valence-corrected chi connectivity index (χ4v) is 4.92. The minimum Gasteiger partial charge on any atom is -0.474 e. The van der Waals surface area contributed by atoms with Gasteiger partial charge in [0.1, 0.15) is 5.75 Å². The van der Waals surface area contributed by atoms with Crippen LogP contribution in [0.4, 0.5) is 0 Å². The molecule has 1 aliphatic carbocycles. The highest BCUT2D eigenvalue weighted by atomic mass is 35.5. The number of allylic oxidation sites excluding steroid dienone is 1. The summed E-state index contributed by atoms with van der Waals surface area (Å²) in [5.74, 6) is 1.42. The molecule has 6 heteroatoms. The van der Waals surface area contributed by atoms with E-state index in [0.29, 0.717) is 40.0 Å². The van der Waals surface area contributed by atoms with Crippen molar-refractivity contribution in [2.45, 2.75) is 38.2 Å². The molecule has 30 heavy (non-hydrogen) atoms. The smallest absolute Gasteiger partial charge is 0.191 e. The number of aromatic nitrogens is 2. The van der Waals surface area contributed by atoms with Gasteiger partial charge in [-0.3, -0.25) is 4.79 Å². The van der Waals surface area contributed by atoms with Crippen LogP contribution in [0.5, 0.6) is 5.75 Å². The number of hydrogen-bond acceptors (Lipinski definition) is 3. The summed E-state index contributed by atoms with van der Waals surface area (Å²) >= 11 is 13.1. The Bertz CT molecular complexity index is 1090. The SMILES string of the molecule is C=CCc1c(OC(C)(c2ncc[nH]2)c2c(Cl)cccc2Cl)ccc2c1CCCC2=O. The molecule has 4 rings (SSSR count). The summed E-state index contributed by atoms with van der Waals surface area (Å²) in [6.45, 7) is 5.79. The molecular weight excluding hydrogens is 419 g/mol. The van der Waals surface area contributed by atoms with E-state index in [1.807, 2.05) is 25.1 Å². The van der Waals surface area contributed by atoms with E-state index in [1.165, 1.54) is 0 Å². The van der Waals surface area contributed by atoms with Gasteiger partial charge in [-0.15, -0.1) is 6.58 Å². The van der Waals surface area contributed by atoms with Crippen molar-refractivity contribution >= 4 is 29.0 Å². The zero-order valence-electron chi connectivity index (χ0n) is 16.7. The van der Waals surface area contributed by atoms with Crippen LogP contribution in [0.2, 0.25) is 10.0 Å². The van der Waals surface area contributed by atoms with Gasteiger partial charge in [-0.1, -0.05) is 35.3 Å². The van der Waals surface area contributed by atoms with E-state index in [0.717, 1.165) is 29.5 Å². The normalized spacial score (nSPS) is 15.4. The maximum Gasteiger partial charge on any atom is 0.191 e. The quantitative estimate of drug-likeness (QED) is 0.457. The lowest BCUT2D eigenvalue weighted by atomic mass is 9.85. The maximum atomic E-state index is 12.4. The summed E-state index contributed by atoms with van der Waals surface area (Å²) in [4.78, 5) is 20.0. The maximum absolute atomic E-state index is 12.4. The number of fused-ring (bicyclic) bond motifs is 1. The lowest BCUT2D eigenvalue weighted by Crippen LogP contribution is -2.34. The summed E-state index contributed by atoms with van der Waals surface area (Å²) in [5, 5.41) is 0.972. The number of Topliss-reactive ketones (excluding diaryl/α,β-unsaturated/α-hetero) is 1. The molecule has 1 aromatic heterocycles. The van der Waals surface area contributed by atoms with Crippen LogP contribution in [0.15, 0.2) is 55.4 Å². The first-order chi connectivity index (χ1) is 14.5. The van der Waals surface area contributed by atoms with Gasteiger partial charge in [0, 0.05) is 45.6 Å². The van der Waals surface area contributed by atoms with Gasteiger partial charge >= 0.3 is 0 Å². The number of ether oxygens (including phenoxy) is 1. The van der Waals surface area contributed by atoms with Crippen LogP contribution in [-0.4, -0.2) is 15.8 Å². The van der Waals surface area contributed by atoms with Crippen LogP contribution in [0.3, 0.4) is 0 Å². The molecule has 1 atom stereocenters. The first kappa shape index (κ1) is 20.7. The number of carbonyl (C=O) groups excluding carboxylic acids is 1. The molecule has 0 fully saturated rings. The fourth-order valence-electron chi connectivity index (χ4n) is 4.16. The Morgan fingerprint density at radius 3 is 2.67 bits per heavy atom. The third-order valence-corrected chi connectivity index (χ3v) is 6.20. The van der Waals surface area contributed by atoms with E-state index in [9.17, 15) is 4.79 Å². The molecule has 4 nitrogen and oxygen atoms in total. The van der Waals surface area contributed by atoms with Crippen LogP contribution >= 0.6 is 23.2 Å². The van der Waals surface area contributed by atoms with Crippen LogP contribution in [0.1, 0.15) is 52.6 Å². The van der Waals surface area contributed by atoms with Crippen molar-refractivity contribution in [2.75, 3.05) is 0 Å². The molecule has 3 aromatic rings. The highest BCUT2D eigenvalue weighted by Gasteiger charge is 2.39. The molecular formula is C24H22Cl2N2O2. The third kappa shape index (κ3) is 3.55. The van der Waals surface area contributed by atoms with E-state index in [1.54, 1.807) is 30.6 Å². The van der Waals surface area contributed by atoms with E-state index >= 15 is 0 Å². The van der Waals surface area contributed by atoms with Crippen LogP contribution < -0.4 is 4.74 Å². The number of aromatic amines is 1. The topological polar surface area (TPSA) is 55.0 Å². The van der Waals surface area contributed by atoms with E-state index in [4.69, 9.17) is 27.9 Å². The number of rotatable bonds is 6. The third-order valence-electron chi connectivity index (χ3n) is 5.57. The average Bonchev–Trinajstić information content (AvgIpc) is 3.26. The number of imidazole rings is 1. The molecule has 0 radical (unpaired) electrons. The summed E-state index contributed by atoms with van der Waals surface area (Å²) in [6, 6.07) is 9.07. The molecule has 1 aliphatic rings. The number of ketones is 1. The molecule has 2 aromatic carbocycles. The molecule has 0 saturated heterocycles.